The van der Waals surface area contributed by atoms with Crippen LogP contribution in [0.3, 0.4) is 0 Å². The third-order valence-electron chi connectivity index (χ3n) is 7.19. The molecular weight excluding hydrogens is 492 g/mol. The van der Waals surface area contributed by atoms with Crippen molar-refractivity contribution >= 4 is 45.3 Å². The first-order chi connectivity index (χ1) is 17.2. The Morgan fingerprint density at radius 3 is 2.72 bits per heavy atom. The van der Waals surface area contributed by atoms with Crippen LogP contribution in [0.5, 0.6) is 0 Å². The van der Waals surface area contributed by atoms with E-state index in [1.807, 2.05) is 24.4 Å². The summed E-state index contributed by atoms with van der Waals surface area (Å²) in [5.74, 6) is -1.01. The van der Waals surface area contributed by atoms with Crippen molar-refractivity contribution in [3.63, 3.8) is 0 Å². The number of anilines is 1. The molecule has 8 heteroatoms. The molecule has 0 unspecified atom stereocenters. The molecule has 2 aliphatic carbocycles. The first-order valence-electron chi connectivity index (χ1n) is 12.6. The third-order valence-corrected chi connectivity index (χ3v) is 9.33. The van der Waals surface area contributed by atoms with E-state index in [-0.39, 0.29) is 29.7 Å². The number of aryl methyl sites for hydroxylation is 1. The number of carbonyl (C=O) groups is 3. The zero-order valence-corrected chi connectivity index (χ0v) is 22.8. The summed E-state index contributed by atoms with van der Waals surface area (Å²) in [6, 6.07) is 3.95. The number of nitrogens with one attached hydrogen (secondary N) is 2. The predicted octanol–water partition coefficient (Wildman–Crippen LogP) is 6.11. The van der Waals surface area contributed by atoms with Crippen LogP contribution in [-0.4, -0.2) is 24.3 Å². The number of carbonyl (C=O) groups excluding carboxylic acids is 3. The predicted molar refractivity (Wildman–Crippen MR) is 143 cm³/mol. The standard InChI is InChI=1S/C28H32N2O4S2/c1-5-34-27(33)22-16-9-6-7-10-19(16)36-26(22)30-25(32)21-15(2)29-17-13-28(3,4)14-18(31)23(17)24(21)20-11-8-12-35-20/h8,11-12,24,29H,5-7,9-10,13-14H2,1-4H3,(H,30,32)/t24-/m1/s1. The van der Waals surface area contributed by atoms with Crippen molar-refractivity contribution in [2.75, 3.05) is 11.9 Å². The molecule has 2 N–H and O–H groups in total. The minimum Gasteiger partial charge on any atom is -0.462 e. The van der Waals surface area contributed by atoms with Crippen LogP contribution in [0.2, 0.25) is 0 Å². The lowest BCUT2D eigenvalue weighted by molar-refractivity contribution is -0.118. The van der Waals surface area contributed by atoms with Gasteiger partial charge in [-0.25, -0.2) is 4.79 Å². The quantitative estimate of drug-likeness (QED) is 0.461. The van der Waals surface area contributed by atoms with Gasteiger partial charge in [0.15, 0.2) is 5.78 Å². The van der Waals surface area contributed by atoms with Gasteiger partial charge in [-0.3, -0.25) is 9.59 Å². The number of allylic oxidation sites excluding steroid dienone is 3. The van der Waals surface area contributed by atoms with E-state index in [4.69, 9.17) is 4.74 Å². The molecule has 6 nitrogen and oxygen atoms in total. The van der Waals surface area contributed by atoms with Crippen molar-refractivity contribution in [2.45, 2.75) is 72.1 Å². The van der Waals surface area contributed by atoms with E-state index in [2.05, 4.69) is 24.5 Å². The smallest absolute Gasteiger partial charge is 0.341 e. The molecular formula is C28H32N2O4S2. The van der Waals surface area contributed by atoms with E-state index < -0.39 is 5.92 Å². The summed E-state index contributed by atoms with van der Waals surface area (Å²) in [6.07, 6.45) is 5.03. The number of ketones is 1. The average molecular weight is 525 g/mol. The van der Waals surface area contributed by atoms with Crippen molar-refractivity contribution in [1.82, 2.24) is 5.32 Å². The van der Waals surface area contributed by atoms with Crippen molar-refractivity contribution in [2.24, 2.45) is 5.41 Å². The Hall–Kier alpha value is -2.71. The first-order valence-corrected chi connectivity index (χ1v) is 14.3. The Bertz CT molecular complexity index is 1300. The lowest BCUT2D eigenvalue weighted by atomic mass is 9.69. The molecule has 2 aromatic heterocycles. The number of rotatable bonds is 5. The molecule has 3 aliphatic rings. The monoisotopic (exact) mass is 524 g/mol. The summed E-state index contributed by atoms with van der Waals surface area (Å²) in [7, 11) is 0. The highest BCUT2D eigenvalue weighted by molar-refractivity contribution is 7.17. The molecule has 3 heterocycles. The largest absolute Gasteiger partial charge is 0.462 e. The Morgan fingerprint density at radius 2 is 2.00 bits per heavy atom. The summed E-state index contributed by atoms with van der Waals surface area (Å²) in [6.45, 7) is 8.18. The molecule has 36 heavy (non-hydrogen) atoms. The Kier molecular flexibility index (Phi) is 6.68. The number of Topliss-reactive ketones (excluding diaryl/α,β-unsaturated/α-hetero) is 1. The highest BCUT2D eigenvalue weighted by atomic mass is 32.1. The molecule has 1 aliphatic heterocycles. The van der Waals surface area contributed by atoms with E-state index in [9.17, 15) is 14.4 Å². The molecule has 1 amide bonds. The molecule has 0 bridgehead atoms. The van der Waals surface area contributed by atoms with Crippen molar-refractivity contribution in [1.29, 1.82) is 0 Å². The molecule has 0 fully saturated rings. The second-order valence-electron chi connectivity index (χ2n) is 10.5. The van der Waals surface area contributed by atoms with Crippen LogP contribution in [0, 0.1) is 5.41 Å². The van der Waals surface area contributed by atoms with E-state index >= 15 is 0 Å². The van der Waals surface area contributed by atoms with Gasteiger partial charge >= 0.3 is 5.97 Å². The van der Waals surface area contributed by atoms with Crippen LogP contribution in [0.4, 0.5) is 5.00 Å². The van der Waals surface area contributed by atoms with Gasteiger partial charge in [0, 0.05) is 38.7 Å². The summed E-state index contributed by atoms with van der Waals surface area (Å²) in [4.78, 5) is 42.4. The summed E-state index contributed by atoms with van der Waals surface area (Å²) in [5.41, 5.74) is 4.27. The Balaban J connectivity index is 1.55. The summed E-state index contributed by atoms with van der Waals surface area (Å²) >= 11 is 3.03. The van der Waals surface area contributed by atoms with Crippen molar-refractivity contribution < 1.29 is 19.1 Å². The third kappa shape index (κ3) is 4.45. The topological polar surface area (TPSA) is 84.5 Å². The fourth-order valence-corrected chi connectivity index (χ4v) is 7.84. The van der Waals surface area contributed by atoms with E-state index in [0.29, 0.717) is 28.1 Å². The normalized spacial score (nSPS) is 21.0. The molecule has 0 saturated heterocycles. The number of fused-ring (bicyclic) bond motifs is 1. The zero-order valence-electron chi connectivity index (χ0n) is 21.2. The maximum absolute atomic E-state index is 14.0. The number of hydrogen-bond donors (Lipinski definition) is 2. The van der Waals surface area contributed by atoms with Gasteiger partial charge in [-0.1, -0.05) is 19.9 Å². The van der Waals surface area contributed by atoms with Gasteiger partial charge in [-0.15, -0.1) is 22.7 Å². The van der Waals surface area contributed by atoms with Gasteiger partial charge < -0.3 is 15.4 Å². The van der Waals surface area contributed by atoms with Gasteiger partial charge in [0.25, 0.3) is 5.91 Å². The lowest BCUT2D eigenvalue weighted by Gasteiger charge is -2.39. The second kappa shape index (κ2) is 9.63. The number of ether oxygens (including phenoxy) is 1. The van der Waals surface area contributed by atoms with Crippen LogP contribution in [0.15, 0.2) is 40.1 Å². The zero-order chi connectivity index (χ0) is 25.6. The van der Waals surface area contributed by atoms with E-state index in [1.165, 1.54) is 11.3 Å². The van der Waals surface area contributed by atoms with Gasteiger partial charge in [-0.05, 0) is 68.4 Å². The minimum absolute atomic E-state index is 0.0868. The number of amides is 1. The van der Waals surface area contributed by atoms with E-state index in [0.717, 1.165) is 58.8 Å². The van der Waals surface area contributed by atoms with Crippen molar-refractivity contribution in [3.05, 3.63) is 60.9 Å². The van der Waals surface area contributed by atoms with Gasteiger partial charge in [0.05, 0.1) is 18.1 Å². The number of dihydropyridines is 1. The van der Waals surface area contributed by atoms with Crippen molar-refractivity contribution in [3.8, 4) is 0 Å². The number of esters is 1. The maximum atomic E-state index is 14.0. The van der Waals surface area contributed by atoms with Crippen LogP contribution < -0.4 is 10.6 Å². The number of thiophene rings is 2. The molecule has 5 rings (SSSR count). The fourth-order valence-electron chi connectivity index (χ4n) is 5.72. The Morgan fingerprint density at radius 1 is 1.22 bits per heavy atom. The molecule has 2 aromatic rings. The Labute approximate surface area is 219 Å². The lowest BCUT2D eigenvalue weighted by Crippen LogP contribution is -2.39. The van der Waals surface area contributed by atoms with Gasteiger partial charge in [0.2, 0.25) is 0 Å². The minimum atomic E-state index is -0.425. The molecule has 0 saturated carbocycles. The van der Waals surface area contributed by atoms with Crippen LogP contribution in [0.25, 0.3) is 0 Å². The fraction of sp³-hybridized carbons (Fsp3) is 0.464. The molecule has 0 spiro atoms. The van der Waals surface area contributed by atoms with Crippen LogP contribution in [-0.2, 0) is 27.2 Å². The van der Waals surface area contributed by atoms with Crippen LogP contribution in [0.1, 0.15) is 85.0 Å². The highest BCUT2D eigenvalue weighted by Gasteiger charge is 2.43. The van der Waals surface area contributed by atoms with Crippen LogP contribution >= 0.6 is 22.7 Å². The molecule has 190 valence electrons. The summed E-state index contributed by atoms with van der Waals surface area (Å²) in [5, 5.41) is 9.02. The molecule has 1 atom stereocenters. The maximum Gasteiger partial charge on any atom is 0.341 e. The van der Waals surface area contributed by atoms with Gasteiger partial charge in [-0.2, -0.15) is 0 Å². The molecule has 0 aromatic carbocycles. The SMILES string of the molecule is CCOC(=O)c1c(NC(=O)C2=C(C)NC3=C(C(=O)CC(C)(C)C3)[C@@H]2c2cccs2)sc2c1CCCC2. The molecule has 0 radical (unpaired) electrons. The second-order valence-corrected chi connectivity index (χ2v) is 12.6. The summed E-state index contributed by atoms with van der Waals surface area (Å²) < 4.78 is 5.37. The first kappa shape index (κ1) is 25.0. The van der Waals surface area contributed by atoms with E-state index in [1.54, 1.807) is 18.3 Å². The average Bonchev–Trinajstić information content (AvgIpc) is 3.45. The van der Waals surface area contributed by atoms with Gasteiger partial charge in [0.1, 0.15) is 5.00 Å². The number of hydrogen-bond acceptors (Lipinski definition) is 7. The highest BCUT2D eigenvalue weighted by Crippen LogP contribution is 2.48.